The van der Waals surface area contributed by atoms with Crippen LogP contribution < -0.4 is 0 Å². The lowest BCUT2D eigenvalue weighted by Crippen LogP contribution is -2.06. The highest BCUT2D eigenvalue weighted by Gasteiger charge is 2.01. The minimum atomic E-state index is -1.35. The summed E-state index contributed by atoms with van der Waals surface area (Å²) >= 11 is 0. The number of carbonyl (C=O) groups is 2. The molecule has 0 aliphatic heterocycles. The molecule has 0 unspecified atom stereocenters. The molecule has 62 valence electrons. The highest BCUT2D eigenvalue weighted by atomic mass is 16.7. The van der Waals surface area contributed by atoms with Crippen molar-refractivity contribution in [3.05, 3.63) is 12.7 Å². The van der Waals surface area contributed by atoms with Crippen LogP contribution in [0.3, 0.4) is 0 Å². The van der Waals surface area contributed by atoms with Crippen LogP contribution in [0.2, 0.25) is 0 Å². The average molecular weight is 158 g/mol. The molecule has 0 heterocycles. The molecule has 4 heteroatoms. The third kappa shape index (κ3) is 6.57. The van der Waals surface area contributed by atoms with Gasteiger partial charge in [0, 0.05) is 12.8 Å². The zero-order valence-corrected chi connectivity index (χ0v) is 6.08. The van der Waals surface area contributed by atoms with Gasteiger partial charge >= 0.3 is 6.16 Å². The minimum Gasteiger partial charge on any atom is -0.450 e. The van der Waals surface area contributed by atoms with E-state index in [-0.39, 0.29) is 25.2 Å². The van der Waals surface area contributed by atoms with Crippen LogP contribution in [0.15, 0.2) is 12.7 Å². The van der Waals surface area contributed by atoms with Crippen molar-refractivity contribution in [1.29, 1.82) is 0 Å². The fourth-order valence-corrected chi connectivity index (χ4v) is 0.515. The molecule has 0 aromatic heterocycles. The van der Waals surface area contributed by atoms with Gasteiger partial charge in [0.25, 0.3) is 0 Å². The topological polar surface area (TPSA) is 63.6 Å². The molecule has 11 heavy (non-hydrogen) atoms. The van der Waals surface area contributed by atoms with Crippen molar-refractivity contribution in [2.24, 2.45) is 0 Å². The molecule has 0 saturated carbocycles. The fourth-order valence-electron chi connectivity index (χ4n) is 0.515. The van der Waals surface area contributed by atoms with Gasteiger partial charge in [0.05, 0.1) is 0 Å². The number of Topliss-reactive ketones (excluding diaryl/α,β-unsaturated/α-hetero) is 1. The van der Waals surface area contributed by atoms with E-state index in [0.717, 1.165) is 0 Å². The van der Waals surface area contributed by atoms with E-state index in [1.54, 1.807) is 0 Å². The summed E-state index contributed by atoms with van der Waals surface area (Å²) < 4.78 is 4.12. The van der Waals surface area contributed by atoms with Gasteiger partial charge in [-0.2, -0.15) is 0 Å². The third-order valence-corrected chi connectivity index (χ3v) is 0.978. The standard InChI is InChI=1S/C7H10O4/c1-2-3-6(8)4-5-11-7(9)10/h2H,1,3-5H2,(H,9,10). The van der Waals surface area contributed by atoms with Crippen molar-refractivity contribution in [3.63, 3.8) is 0 Å². The Bertz CT molecular complexity index is 162. The molecule has 0 aromatic carbocycles. The number of rotatable bonds is 5. The van der Waals surface area contributed by atoms with Gasteiger partial charge in [-0.3, -0.25) is 4.79 Å². The van der Waals surface area contributed by atoms with Crippen LogP contribution in [0.5, 0.6) is 0 Å². The molecule has 1 N–H and O–H groups in total. The van der Waals surface area contributed by atoms with Gasteiger partial charge in [-0.1, -0.05) is 6.08 Å². The molecule has 0 fully saturated rings. The van der Waals surface area contributed by atoms with Gasteiger partial charge in [0.15, 0.2) is 0 Å². The van der Waals surface area contributed by atoms with Gasteiger partial charge in [0.2, 0.25) is 0 Å². The Morgan fingerprint density at radius 2 is 2.18 bits per heavy atom. The predicted molar refractivity (Wildman–Crippen MR) is 38.4 cm³/mol. The Morgan fingerprint density at radius 1 is 1.55 bits per heavy atom. The Balaban J connectivity index is 3.31. The molecule has 0 aliphatic rings. The highest BCUT2D eigenvalue weighted by molar-refractivity contribution is 5.79. The van der Waals surface area contributed by atoms with E-state index in [1.165, 1.54) is 6.08 Å². The summed E-state index contributed by atoms with van der Waals surface area (Å²) in [4.78, 5) is 20.5. The number of ether oxygens (including phenoxy) is 1. The summed E-state index contributed by atoms with van der Waals surface area (Å²) in [6.45, 7) is 3.30. The monoisotopic (exact) mass is 158 g/mol. The third-order valence-electron chi connectivity index (χ3n) is 0.978. The number of ketones is 1. The molecule has 0 amide bonds. The van der Waals surface area contributed by atoms with E-state index < -0.39 is 6.16 Å². The second-order valence-electron chi connectivity index (χ2n) is 1.90. The van der Waals surface area contributed by atoms with Crippen molar-refractivity contribution in [2.75, 3.05) is 6.61 Å². The Hall–Kier alpha value is -1.32. The summed E-state index contributed by atoms with van der Waals surface area (Å²) in [5.41, 5.74) is 0. The number of carbonyl (C=O) groups excluding carboxylic acids is 1. The van der Waals surface area contributed by atoms with E-state index in [2.05, 4.69) is 11.3 Å². The van der Waals surface area contributed by atoms with Crippen molar-refractivity contribution in [3.8, 4) is 0 Å². The van der Waals surface area contributed by atoms with Gasteiger partial charge in [-0.15, -0.1) is 6.58 Å². The Labute approximate surface area is 64.5 Å². The zero-order chi connectivity index (χ0) is 8.69. The molecule has 0 bridgehead atoms. The first kappa shape index (κ1) is 9.68. The molecular formula is C7H10O4. The molecular weight excluding hydrogens is 148 g/mol. The fraction of sp³-hybridized carbons (Fsp3) is 0.429. The van der Waals surface area contributed by atoms with Crippen molar-refractivity contribution in [2.45, 2.75) is 12.8 Å². The number of hydrogen-bond acceptors (Lipinski definition) is 3. The zero-order valence-electron chi connectivity index (χ0n) is 6.08. The maximum Gasteiger partial charge on any atom is 0.505 e. The first-order valence-electron chi connectivity index (χ1n) is 3.15. The summed E-state index contributed by atoms with van der Waals surface area (Å²) in [5.74, 6) is -0.0683. The highest BCUT2D eigenvalue weighted by Crippen LogP contribution is 1.91. The summed E-state index contributed by atoms with van der Waals surface area (Å²) in [6.07, 6.45) is 0.515. The predicted octanol–water partition coefficient (Wildman–Crippen LogP) is 1.22. The van der Waals surface area contributed by atoms with Crippen LogP contribution in [0.25, 0.3) is 0 Å². The molecule has 0 spiro atoms. The second-order valence-corrected chi connectivity index (χ2v) is 1.90. The molecule has 0 radical (unpaired) electrons. The minimum absolute atomic E-state index is 0.0675. The molecule has 0 aliphatic carbocycles. The molecule has 0 saturated heterocycles. The van der Waals surface area contributed by atoms with Gasteiger partial charge in [0.1, 0.15) is 12.4 Å². The van der Waals surface area contributed by atoms with Crippen LogP contribution in [-0.2, 0) is 9.53 Å². The van der Waals surface area contributed by atoms with Gasteiger partial charge < -0.3 is 9.84 Å². The summed E-state index contributed by atoms with van der Waals surface area (Å²) in [5, 5.41) is 8.00. The first-order chi connectivity index (χ1) is 5.16. The first-order valence-corrected chi connectivity index (χ1v) is 3.15. The molecule has 4 nitrogen and oxygen atoms in total. The normalized spacial score (nSPS) is 8.73. The van der Waals surface area contributed by atoms with Crippen LogP contribution in [0.4, 0.5) is 4.79 Å². The maximum atomic E-state index is 10.7. The molecule has 0 aromatic rings. The van der Waals surface area contributed by atoms with E-state index in [0.29, 0.717) is 0 Å². The van der Waals surface area contributed by atoms with Crippen LogP contribution in [-0.4, -0.2) is 23.7 Å². The maximum absolute atomic E-state index is 10.7. The van der Waals surface area contributed by atoms with Gasteiger partial charge in [-0.05, 0) is 0 Å². The van der Waals surface area contributed by atoms with Crippen LogP contribution in [0, 0.1) is 0 Å². The van der Waals surface area contributed by atoms with Crippen molar-refractivity contribution < 1.29 is 19.4 Å². The quantitative estimate of drug-likeness (QED) is 0.482. The summed E-state index contributed by atoms with van der Waals surface area (Å²) in [6, 6.07) is 0. The van der Waals surface area contributed by atoms with Crippen LogP contribution >= 0.6 is 0 Å². The second kappa shape index (κ2) is 5.46. The van der Waals surface area contributed by atoms with E-state index in [9.17, 15) is 9.59 Å². The van der Waals surface area contributed by atoms with Gasteiger partial charge in [-0.25, -0.2) is 4.79 Å². The average Bonchev–Trinajstić information content (AvgIpc) is 1.87. The molecule has 0 rings (SSSR count). The largest absolute Gasteiger partial charge is 0.505 e. The lowest BCUT2D eigenvalue weighted by Gasteiger charge is -1.96. The lowest BCUT2D eigenvalue weighted by atomic mass is 10.2. The molecule has 0 atom stereocenters. The lowest BCUT2D eigenvalue weighted by molar-refractivity contribution is -0.118. The smallest absolute Gasteiger partial charge is 0.450 e. The Kier molecular flexibility index (Phi) is 4.81. The summed E-state index contributed by atoms with van der Waals surface area (Å²) in [7, 11) is 0. The number of carboxylic acid groups (broad SMARTS) is 1. The van der Waals surface area contributed by atoms with Crippen LogP contribution in [0.1, 0.15) is 12.8 Å². The van der Waals surface area contributed by atoms with E-state index >= 15 is 0 Å². The number of allylic oxidation sites excluding steroid dienone is 1. The van der Waals surface area contributed by atoms with E-state index in [1.807, 2.05) is 0 Å². The number of hydrogen-bond donors (Lipinski definition) is 1. The van der Waals surface area contributed by atoms with Crippen molar-refractivity contribution >= 4 is 11.9 Å². The SMILES string of the molecule is C=CCC(=O)CCOC(=O)O. The Morgan fingerprint density at radius 3 is 2.64 bits per heavy atom. The van der Waals surface area contributed by atoms with E-state index in [4.69, 9.17) is 5.11 Å². The van der Waals surface area contributed by atoms with Crippen molar-refractivity contribution in [1.82, 2.24) is 0 Å².